The molecular formula is C16H22N2O2. The number of benzene rings is 1. The molecule has 0 atom stereocenters. The van der Waals surface area contributed by atoms with Crippen LogP contribution in [0.3, 0.4) is 0 Å². The van der Waals surface area contributed by atoms with Crippen molar-refractivity contribution in [3.05, 3.63) is 29.8 Å². The predicted octanol–water partition coefficient (Wildman–Crippen LogP) is 3.12. The minimum absolute atomic E-state index is 0.0331. The maximum atomic E-state index is 11.8. The minimum atomic E-state index is 0.0331. The van der Waals surface area contributed by atoms with Crippen LogP contribution in [0.2, 0.25) is 0 Å². The van der Waals surface area contributed by atoms with E-state index >= 15 is 0 Å². The van der Waals surface area contributed by atoms with Gasteiger partial charge in [0.15, 0.2) is 0 Å². The fourth-order valence-electron chi connectivity index (χ4n) is 2.38. The van der Waals surface area contributed by atoms with Crippen molar-refractivity contribution in [2.45, 2.75) is 39.0 Å². The van der Waals surface area contributed by atoms with Gasteiger partial charge in [-0.25, -0.2) is 5.43 Å². The molecule has 1 N–H and O–H groups in total. The van der Waals surface area contributed by atoms with Crippen LogP contribution in [0.5, 0.6) is 5.75 Å². The van der Waals surface area contributed by atoms with Crippen molar-refractivity contribution in [3.8, 4) is 5.75 Å². The summed E-state index contributed by atoms with van der Waals surface area (Å²) >= 11 is 0. The number of hydrogen-bond acceptors (Lipinski definition) is 3. The van der Waals surface area contributed by atoms with E-state index in [-0.39, 0.29) is 11.8 Å². The summed E-state index contributed by atoms with van der Waals surface area (Å²) < 4.78 is 5.64. The molecule has 1 aliphatic rings. The van der Waals surface area contributed by atoms with E-state index in [9.17, 15) is 4.79 Å². The Hall–Kier alpha value is -1.84. The standard InChI is InChI=1S/C16H22N2O2/c1-2-11-20-15-10-6-5-9-14(15)12-17-18-16(19)13-7-3-4-8-13/h5-6,9-10,12-13H,2-4,7-8,11H2,1H3,(H,18,19)/b17-12+. The number of carbonyl (C=O) groups is 1. The van der Waals surface area contributed by atoms with Crippen LogP contribution >= 0.6 is 0 Å². The van der Waals surface area contributed by atoms with Crippen LogP contribution in [-0.4, -0.2) is 18.7 Å². The van der Waals surface area contributed by atoms with E-state index < -0.39 is 0 Å². The molecule has 4 nitrogen and oxygen atoms in total. The van der Waals surface area contributed by atoms with Crippen LogP contribution in [-0.2, 0) is 4.79 Å². The lowest BCUT2D eigenvalue weighted by atomic mass is 10.1. The third-order valence-electron chi connectivity index (χ3n) is 3.49. The first kappa shape index (κ1) is 14.6. The largest absolute Gasteiger partial charge is 0.493 e. The monoisotopic (exact) mass is 274 g/mol. The van der Waals surface area contributed by atoms with Crippen LogP contribution in [0.15, 0.2) is 29.4 Å². The summed E-state index contributed by atoms with van der Waals surface area (Å²) in [6.07, 6.45) is 6.88. The molecule has 0 bridgehead atoms. The van der Waals surface area contributed by atoms with Gasteiger partial charge in [0.25, 0.3) is 0 Å². The van der Waals surface area contributed by atoms with E-state index in [1.807, 2.05) is 24.3 Å². The van der Waals surface area contributed by atoms with Crippen LogP contribution in [0, 0.1) is 5.92 Å². The maximum Gasteiger partial charge on any atom is 0.243 e. The molecule has 0 spiro atoms. The van der Waals surface area contributed by atoms with Gasteiger partial charge in [0.2, 0.25) is 5.91 Å². The molecule has 0 saturated heterocycles. The Morgan fingerprint density at radius 1 is 1.40 bits per heavy atom. The number of rotatable bonds is 6. The normalized spacial score (nSPS) is 15.7. The number of carbonyl (C=O) groups excluding carboxylic acids is 1. The van der Waals surface area contributed by atoms with Crippen molar-refractivity contribution in [1.29, 1.82) is 0 Å². The van der Waals surface area contributed by atoms with Crippen molar-refractivity contribution in [2.24, 2.45) is 11.0 Å². The summed E-state index contributed by atoms with van der Waals surface area (Å²) in [5, 5.41) is 4.05. The first-order valence-electron chi connectivity index (χ1n) is 7.36. The van der Waals surface area contributed by atoms with E-state index in [0.717, 1.165) is 43.4 Å². The Balaban J connectivity index is 1.91. The van der Waals surface area contributed by atoms with Crippen molar-refractivity contribution in [3.63, 3.8) is 0 Å². The van der Waals surface area contributed by atoms with E-state index in [1.54, 1.807) is 6.21 Å². The molecule has 4 heteroatoms. The van der Waals surface area contributed by atoms with Gasteiger partial charge in [-0.1, -0.05) is 31.9 Å². The Morgan fingerprint density at radius 3 is 2.90 bits per heavy atom. The lowest BCUT2D eigenvalue weighted by molar-refractivity contribution is -0.124. The fraction of sp³-hybridized carbons (Fsp3) is 0.500. The Morgan fingerprint density at radius 2 is 2.15 bits per heavy atom. The lowest BCUT2D eigenvalue weighted by Gasteiger charge is -2.08. The van der Waals surface area contributed by atoms with Gasteiger partial charge in [-0.05, 0) is 31.4 Å². The number of nitrogens with one attached hydrogen (secondary N) is 1. The van der Waals surface area contributed by atoms with Gasteiger partial charge in [-0.15, -0.1) is 0 Å². The number of nitrogens with zero attached hydrogens (tertiary/aromatic N) is 1. The zero-order valence-electron chi connectivity index (χ0n) is 12.0. The molecule has 0 unspecified atom stereocenters. The molecule has 0 radical (unpaired) electrons. The first-order valence-corrected chi connectivity index (χ1v) is 7.36. The van der Waals surface area contributed by atoms with E-state index in [0.29, 0.717) is 6.61 Å². The molecule has 2 rings (SSSR count). The summed E-state index contributed by atoms with van der Waals surface area (Å²) in [7, 11) is 0. The molecule has 1 fully saturated rings. The second kappa shape index (κ2) is 7.68. The van der Waals surface area contributed by atoms with Crippen molar-refractivity contribution < 1.29 is 9.53 Å². The molecule has 0 aliphatic heterocycles. The Labute approximate surface area is 120 Å². The van der Waals surface area contributed by atoms with Crippen molar-refractivity contribution >= 4 is 12.1 Å². The summed E-state index contributed by atoms with van der Waals surface area (Å²) in [5.74, 6) is 0.970. The van der Waals surface area contributed by atoms with E-state index in [1.165, 1.54) is 0 Å². The van der Waals surface area contributed by atoms with Crippen LogP contribution in [0.1, 0.15) is 44.6 Å². The average molecular weight is 274 g/mol. The minimum Gasteiger partial charge on any atom is -0.493 e. The van der Waals surface area contributed by atoms with Gasteiger partial charge in [0.05, 0.1) is 12.8 Å². The van der Waals surface area contributed by atoms with Crippen LogP contribution < -0.4 is 10.2 Å². The molecule has 1 saturated carbocycles. The third kappa shape index (κ3) is 4.08. The predicted molar refractivity (Wildman–Crippen MR) is 79.9 cm³/mol. The van der Waals surface area contributed by atoms with E-state index in [2.05, 4.69) is 17.5 Å². The number of amides is 1. The number of hydrogen-bond donors (Lipinski definition) is 1. The summed E-state index contributed by atoms with van der Waals surface area (Å²) in [5.41, 5.74) is 3.51. The highest BCUT2D eigenvalue weighted by Gasteiger charge is 2.21. The summed E-state index contributed by atoms with van der Waals surface area (Å²) in [4.78, 5) is 11.8. The van der Waals surface area contributed by atoms with Gasteiger partial charge >= 0.3 is 0 Å². The number of ether oxygens (including phenoxy) is 1. The second-order valence-corrected chi connectivity index (χ2v) is 5.10. The highest BCUT2D eigenvalue weighted by Crippen LogP contribution is 2.24. The Kier molecular flexibility index (Phi) is 5.59. The number of hydrazone groups is 1. The van der Waals surface area contributed by atoms with E-state index in [4.69, 9.17) is 4.74 Å². The SMILES string of the molecule is CCCOc1ccccc1/C=N/NC(=O)C1CCCC1. The van der Waals surface area contributed by atoms with Crippen molar-refractivity contribution in [2.75, 3.05) is 6.61 Å². The van der Waals surface area contributed by atoms with Crippen LogP contribution in [0.25, 0.3) is 0 Å². The molecule has 108 valence electrons. The van der Waals surface area contributed by atoms with Gasteiger partial charge in [-0.2, -0.15) is 5.10 Å². The summed E-state index contributed by atoms with van der Waals surface area (Å²) in [6, 6.07) is 7.70. The van der Waals surface area contributed by atoms with Gasteiger partial charge < -0.3 is 4.74 Å². The van der Waals surface area contributed by atoms with Crippen molar-refractivity contribution in [1.82, 2.24) is 5.43 Å². The quantitative estimate of drug-likeness (QED) is 0.640. The molecular weight excluding hydrogens is 252 g/mol. The van der Waals surface area contributed by atoms with Gasteiger partial charge in [0, 0.05) is 11.5 Å². The molecule has 0 aromatic heterocycles. The highest BCUT2D eigenvalue weighted by atomic mass is 16.5. The maximum absolute atomic E-state index is 11.8. The zero-order chi connectivity index (χ0) is 14.2. The molecule has 1 aromatic carbocycles. The Bertz CT molecular complexity index is 465. The molecule has 1 amide bonds. The molecule has 1 aromatic rings. The average Bonchev–Trinajstić information content (AvgIpc) is 3.00. The fourth-order valence-corrected chi connectivity index (χ4v) is 2.38. The topological polar surface area (TPSA) is 50.7 Å². The molecule has 0 heterocycles. The first-order chi connectivity index (χ1) is 9.81. The smallest absolute Gasteiger partial charge is 0.243 e. The van der Waals surface area contributed by atoms with Gasteiger partial charge in [-0.3, -0.25) is 4.79 Å². The zero-order valence-corrected chi connectivity index (χ0v) is 12.0. The molecule has 20 heavy (non-hydrogen) atoms. The number of para-hydroxylation sites is 1. The lowest BCUT2D eigenvalue weighted by Crippen LogP contribution is -2.24. The second-order valence-electron chi connectivity index (χ2n) is 5.10. The highest BCUT2D eigenvalue weighted by molar-refractivity contribution is 5.85. The summed E-state index contributed by atoms with van der Waals surface area (Å²) in [6.45, 7) is 2.75. The molecule has 1 aliphatic carbocycles. The van der Waals surface area contributed by atoms with Crippen LogP contribution in [0.4, 0.5) is 0 Å². The van der Waals surface area contributed by atoms with Gasteiger partial charge in [0.1, 0.15) is 5.75 Å². The third-order valence-corrected chi connectivity index (χ3v) is 3.49.